The Balaban J connectivity index is 0.00000576. The lowest BCUT2D eigenvalue weighted by Gasteiger charge is -2.17. The van der Waals surface area contributed by atoms with Crippen molar-refractivity contribution in [2.24, 2.45) is 10.7 Å². The molecule has 6 heteroatoms. The lowest BCUT2D eigenvalue weighted by atomic mass is 10.1. The van der Waals surface area contributed by atoms with Crippen LogP contribution in [0.5, 0.6) is 0 Å². The molecule has 25 heavy (non-hydrogen) atoms. The topological polar surface area (TPSA) is 79.5 Å². The average Bonchev–Trinajstić information content (AvgIpc) is 2.57. The summed E-state index contributed by atoms with van der Waals surface area (Å²) < 4.78 is 0. The molecule has 1 rings (SSSR count). The van der Waals surface area contributed by atoms with Crippen molar-refractivity contribution in [2.75, 3.05) is 6.54 Å². The number of carbonyl (C=O) groups excluding carboxylic acids is 1. The second-order valence-electron chi connectivity index (χ2n) is 6.15. The van der Waals surface area contributed by atoms with Crippen LogP contribution in [0.1, 0.15) is 68.8 Å². The van der Waals surface area contributed by atoms with Crippen molar-refractivity contribution in [3.63, 3.8) is 0 Å². The normalized spacial score (nSPS) is 12.2. The van der Waals surface area contributed by atoms with Crippen molar-refractivity contribution in [3.05, 3.63) is 35.4 Å². The number of hydrogen-bond donors (Lipinski definition) is 3. The van der Waals surface area contributed by atoms with Gasteiger partial charge < -0.3 is 16.4 Å². The number of benzene rings is 1. The predicted molar refractivity (Wildman–Crippen MR) is 117 cm³/mol. The van der Waals surface area contributed by atoms with Gasteiger partial charge in [0.05, 0.1) is 6.54 Å². The Morgan fingerprint density at radius 3 is 2.64 bits per heavy atom. The number of nitrogens with one attached hydrogen (secondary N) is 2. The van der Waals surface area contributed by atoms with Gasteiger partial charge in [0, 0.05) is 18.2 Å². The van der Waals surface area contributed by atoms with E-state index in [0.717, 1.165) is 24.5 Å². The lowest BCUT2D eigenvalue weighted by molar-refractivity contribution is 0.1000. The maximum absolute atomic E-state index is 11.2. The molecule has 0 saturated heterocycles. The van der Waals surface area contributed by atoms with Crippen LogP contribution in [-0.4, -0.2) is 24.5 Å². The summed E-state index contributed by atoms with van der Waals surface area (Å²) in [7, 11) is 0. The van der Waals surface area contributed by atoms with Crippen molar-refractivity contribution in [3.8, 4) is 0 Å². The molecule has 142 valence electrons. The third-order valence-corrected chi connectivity index (χ3v) is 3.85. The Bertz CT molecular complexity index is 534. The molecule has 0 aliphatic carbocycles. The Kier molecular flexibility index (Phi) is 13.2. The van der Waals surface area contributed by atoms with E-state index in [0.29, 0.717) is 18.2 Å². The molecule has 0 aliphatic heterocycles. The van der Waals surface area contributed by atoms with Crippen LogP contribution in [0.25, 0.3) is 0 Å². The van der Waals surface area contributed by atoms with Crippen molar-refractivity contribution in [1.82, 2.24) is 10.6 Å². The van der Waals surface area contributed by atoms with Gasteiger partial charge in [0.25, 0.3) is 0 Å². The van der Waals surface area contributed by atoms with Gasteiger partial charge in [0.1, 0.15) is 0 Å². The molecule has 0 heterocycles. The van der Waals surface area contributed by atoms with Gasteiger partial charge in [-0.15, -0.1) is 24.0 Å². The van der Waals surface area contributed by atoms with Gasteiger partial charge in [-0.1, -0.05) is 44.7 Å². The summed E-state index contributed by atoms with van der Waals surface area (Å²) in [6, 6.07) is 7.69. The minimum atomic E-state index is -0.411. The van der Waals surface area contributed by atoms with Gasteiger partial charge in [-0.25, -0.2) is 4.99 Å². The molecule has 0 fully saturated rings. The fraction of sp³-hybridized carbons (Fsp3) is 0.579. The van der Waals surface area contributed by atoms with Gasteiger partial charge in [-0.3, -0.25) is 4.79 Å². The highest BCUT2D eigenvalue weighted by Crippen LogP contribution is 2.07. The molecule has 0 bridgehead atoms. The number of rotatable bonds is 10. The van der Waals surface area contributed by atoms with E-state index in [1.165, 1.54) is 25.7 Å². The van der Waals surface area contributed by atoms with E-state index in [1.807, 2.05) is 12.1 Å². The maximum Gasteiger partial charge on any atom is 0.248 e. The highest BCUT2D eigenvalue weighted by Gasteiger charge is 2.06. The Morgan fingerprint density at radius 1 is 1.24 bits per heavy atom. The van der Waals surface area contributed by atoms with Gasteiger partial charge >= 0.3 is 0 Å². The monoisotopic (exact) mass is 460 g/mol. The number of guanidine groups is 1. The summed E-state index contributed by atoms with van der Waals surface area (Å²) in [5.41, 5.74) is 6.81. The predicted octanol–water partition coefficient (Wildman–Crippen LogP) is 3.82. The third kappa shape index (κ3) is 10.3. The largest absolute Gasteiger partial charge is 0.366 e. The number of nitrogens with two attached hydrogens (primary N) is 1. The molecule has 0 aromatic heterocycles. The quantitative estimate of drug-likeness (QED) is 0.215. The minimum Gasteiger partial charge on any atom is -0.366 e. The number of halogens is 1. The molecule has 0 spiro atoms. The fourth-order valence-electron chi connectivity index (χ4n) is 2.50. The molecule has 1 aromatic rings. The molecule has 4 N–H and O–H groups in total. The number of amides is 1. The van der Waals surface area contributed by atoms with Crippen LogP contribution < -0.4 is 16.4 Å². The zero-order chi connectivity index (χ0) is 17.8. The van der Waals surface area contributed by atoms with Crippen LogP contribution in [0.2, 0.25) is 0 Å². The van der Waals surface area contributed by atoms with Crippen molar-refractivity contribution in [2.45, 2.75) is 65.5 Å². The summed E-state index contributed by atoms with van der Waals surface area (Å²) in [6.45, 7) is 7.79. The van der Waals surface area contributed by atoms with Crippen molar-refractivity contribution < 1.29 is 4.79 Å². The minimum absolute atomic E-state index is 0. The third-order valence-electron chi connectivity index (χ3n) is 3.85. The Hall–Kier alpha value is -1.31. The van der Waals surface area contributed by atoms with Gasteiger partial charge in [0.2, 0.25) is 5.91 Å². The first kappa shape index (κ1) is 23.7. The Labute approximate surface area is 169 Å². The average molecular weight is 460 g/mol. The molecule has 1 amide bonds. The number of nitrogens with zero attached hydrogens (tertiary/aromatic N) is 1. The molecule has 5 nitrogen and oxygen atoms in total. The standard InChI is InChI=1S/C19H32N4O.HI/c1-4-6-7-8-10-15(3)23-19(21-5-2)22-14-16-11-9-12-17(13-16)18(20)24;/h9,11-13,15H,4-8,10,14H2,1-3H3,(H2,20,24)(H2,21,22,23);1H. The van der Waals surface area contributed by atoms with E-state index >= 15 is 0 Å². The zero-order valence-electron chi connectivity index (χ0n) is 15.7. The summed E-state index contributed by atoms with van der Waals surface area (Å²) in [4.78, 5) is 15.9. The lowest BCUT2D eigenvalue weighted by Crippen LogP contribution is -2.42. The van der Waals surface area contributed by atoms with Crippen LogP contribution in [0.3, 0.4) is 0 Å². The molecule has 1 atom stereocenters. The van der Waals surface area contributed by atoms with E-state index < -0.39 is 5.91 Å². The zero-order valence-corrected chi connectivity index (χ0v) is 18.0. The van der Waals surface area contributed by atoms with Crippen LogP contribution in [0, 0.1) is 0 Å². The van der Waals surface area contributed by atoms with E-state index in [2.05, 4.69) is 36.4 Å². The molecule has 0 radical (unpaired) electrons. The number of unbranched alkanes of at least 4 members (excludes halogenated alkanes) is 3. The summed E-state index contributed by atoms with van der Waals surface area (Å²) in [5, 5.41) is 6.72. The van der Waals surface area contributed by atoms with E-state index in [9.17, 15) is 4.79 Å². The number of aliphatic imine (C=N–C) groups is 1. The number of carbonyl (C=O) groups is 1. The molecule has 1 unspecified atom stereocenters. The number of hydrogen-bond acceptors (Lipinski definition) is 2. The van der Waals surface area contributed by atoms with Crippen molar-refractivity contribution in [1.29, 1.82) is 0 Å². The van der Waals surface area contributed by atoms with Gasteiger partial charge in [-0.2, -0.15) is 0 Å². The second kappa shape index (κ2) is 13.9. The van der Waals surface area contributed by atoms with Crippen molar-refractivity contribution >= 4 is 35.8 Å². The van der Waals surface area contributed by atoms with E-state index in [1.54, 1.807) is 12.1 Å². The fourth-order valence-corrected chi connectivity index (χ4v) is 2.50. The van der Waals surface area contributed by atoms with Crippen LogP contribution in [0.15, 0.2) is 29.3 Å². The Morgan fingerprint density at radius 2 is 2.00 bits per heavy atom. The molecule has 1 aromatic carbocycles. The number of primary amides is 1. The van der Waals surface area contributed by atoms with E-state index in [4.69, 9.17) is 5.73 Å². The van der Waals surface area contributed by atoms with Crippen LogP contribution in [-0.2, 0) is 6.54 Å². The first-order valence-corrected chi connectivity index (χ1v) is 9.00. The first-order valence-electron chi connectivity index (χ1n) is 9.00. The second-order valence-corrected chi connectivity index (χ2v) is 6.15. The summed E-state index contributed by atoms with van der Waals surface area (Å²) in [6.07, 6.45) is 6.23. The smallest absolute Gasteiger partial charge is 0.248 e. The molecular formula is C19H33IN4O. The summed E-state index contributed by atoms with van der Waals surface area (Å²) in [5.74, 6) is 0.400. The van der Waals surface area contributed by atoms with E-state index in [-0.39, 0.29) is 24.0 Å². The van der Waals surface area contributed by atoms with Crippen LogP contribution in [0.4, 0.5) is 0 Å². The molecule has 0 aliphatic rings. The van der Waals surface area contributed by atoms with Crippen LogP contribution >= 0.6 is 24.0 Å². The maximum atomic E-state index is 11.2. The van der Waals surface area contributed by atoms with Gasteiger partial charge in [0.15, 0.2) is 5.96 Å². The summed E-state index contributed by atoms with van der Waals surface area (Å²) >= 11 is 0. The first-order chi connectivity index (χ1) is 11.6. The highest BCUT2D eigenvalue weighted by molar-refractivity contribution is 14.0. The highest BCUT2D eigenvalue weighted by atomic mass is 127. The van der Waals surface area contributed by atoms with Gasteiger partial charge in [-0.05, 0) is 38.0 Å². The molecule has 0 saturated carbocycles. The SMILES string of the molecule is CCCCCCC(C)NC(=NCc1cccc(C(N)=O)c1)NCC.I. The molecular weight excluding hydrogens is 427 g/mol.